The van der Waals surface area contributed by atoms with E-state index >= 15 is 0 Å². The summed E-state index contributed by atoms with van der Waals surface area (Å²) >= 11 is 3.55. The average Bonchev–Trinajstić information content (AvgIpc) is 2.90. The highest BCUT2D eigenvalue weighted by Crippen LogP contribution is 2.44. The molecule has 5 rings (SSSR count). The molecule has 0 radical (unpaired) electrons. The van der Waals surface area contributed by atoms with Crippen molar-refractivity contribution in [2.24, 2.45) is 0 Å². The predicted octanol–water partition coefficient (Wildman–Crippen LogP) is 3.97. The molecule has 3 heterocycles. The third-order valence-corrected chi connectivity index (χ3v) is 7.08. The first-order valence-corrected chi connectivity index (χ1v) is 10.9. The summed E-state index contributed by atoms with van der Waals surface area (Å²) < 4.78 is 2.96. The van der Waals surface area contributed by atoms with E-state index in [9.17, 15) is 4.79 Å². The van der Waals surface area contributed by atoms with Gasteiger partial charge in [0.05, 0.1) is 22.0 Å². The number of halogens is 1. The van der Waals surface area contributed by atoms with Crippen LogP contribution in [0.1, 0.15) is 39.1 Å². The van der Waals surface area contributed by atoms with Crippen LogP contribution in [-0.2, 0) is 5.41 Å². The molecule has 150 valence electrons. The van der Waals surface area contributed by atoms with Gasteiger partial charge in [-0.2, -0.15) is 4.98 Å². The van der Waals surface area contributed by atoms with Gasteiger partial charge in [0.1, 0.15) is 5.82 Å². The van der Waals surface area contributed by atoms with Gasteiger partial charge in [-0.15, -0.1) is 0 Å². The van der Waals surface area contributed by atoms with Crippen LogP contribution in [-0.4, -0.2) is 34.7 Å². The minimum absolute atomic E-state index is 0.176. The van der Waals surface area contributed by atoms with Crippen LogP contribution < -0.4 is 15.8 Å². The van der Waals surface area contributed by atoms with Crippen LogP contribution in [0, 0.1) is 0 Å². The largest absolute Gasteiger partial charge is 0.366 e. The van der Waals surface area contributed by atoms with Crippen molar-refractivity contribution in [2.75, 3.05) is 18.0 Å². The number of aromatic nitrogens is 2. The fourth-order valence-corrected chi connectivity index (χ4v) is 5.33. The first-order valence-electron chi connectivity index (χ1n) is 10.2. The van der Waals surface area contributed by atoms with Crippen LogP contribution in [0.4, 0.5) is 5.69 Å². The Hall–Kier alpha value is -2.18. The van der Waals surface area contributed by atoms with Crippen molar-refractivity contribution < 1.29 is 0 Å². The third-order valence-electron chi connectivity index (χ3n) is 6.42. The van der Waals surface area contributed by atoms with Gasteiger partial charge in [0, 0.05) is 35.3 Å². The van der Waals surface area contributed by atoms with Crippen molar-refractivity contribution in [1.82, 2.24) is 14.9 Å². The van der Waals surface area contributed by atoms with Crippen molar-refractivity contribution in [3.05, 3.63) is 62.6 Å². The Morgan fingerprint density at radius 1 is 1.21 bits per heavy atom. The van der Waals surface area contributed by atoms with E-state index in [-0.39, 0.29) is 11.0 Å². The van der Waals surface area contributed by atoms with Gasteiger partial charge < -0.3 is 10.2 Å². The lowest BCUT2D eigenvalue weighted by atomic mass is 9.85. The average molecular weight is 453 g/mol. The molecule has 0 aliphatic carbocycles. The Morgan fingerprint density at radius 2 is 2.00 bits per heavy atom. The summed E-state index contributed by atoms with van der Waals surface area (Å²) in [4.78, 5) is 19.8. The molecule has 1 fully saturated rings. The Labute approximate surface area is 178 Å². The molecule has 3 aromatic rings. The predicted molar refractivity (Wildman–Crippen MR) is 121 cm³/mol. The monoisotopic (exact) mass is 452 g/mol. The summed E-state index contributed by atoms with van der Waals surface area (Å²) in [5, 5.41) is 4.19. The van der Waals surface area contributed by atoms with Crippen molar-refractivity contribution in [3.8, 4) is 5.69 Å². The second-order valence-corrected chi connectivity index (χ2v) is 9.70. The van der Waals surface area contributed by atoms with Crippen molar-refractivity contribution in [1.29, 1.82) is 0 Å². The van der Waals surface area contributed by atoms with Crippen LogP contribution in [0.5, 0.6) is 0 Å². The van der Waals surface area contributed by atoms with E-state index in [1.807, 2.05) is 18.2 Å². The quantitative estimate of drug-likeness (QED) is 0.606. The van der Waals surface area contributed by atoms with Gasteiger partial charge >= 0.3 is 0 Å². The topological polar surface area (TPSA) is 50.2 Å². The lowest BCUT2D eigenvalue weighted by molar-refractivity contribution is 0.425. The molecular weight excluding hydrogens is 428 g/mol. The molecule has 2 aliphatic rings. The van der Waals surface area contributed by atoms with Crippen molar-refractivity contribution in [3.63, 3.8) is 0 Å². The van der Waals surface area contributed by atoms with Crippen LogP contribution in [0.2, 0.25) is 0 Å². The van der Waals surface area contributed by atoms with Crippen molar-refractivity contribution >= 4 is 32.5 Å². The zero-order chi connectivity index (χ0) is 20.5. The molecule has 0 amide bonds. The van der Waals surface area contributed by atoms with Gasteiger partial charge in [-0.1, -0.05) is 12.1 Å². The maximum atomic E-state index is 12.8. The number of piperazine rings is 1. The number of fused-ring (bicyclic) bond motifs is 5. The SMILES string of the molecule is C[C@@H]1CN(c2ccc3c(c2)-n2c(nc(=O)c4c(Br)cccc42)C3(C)C)[C@H](C)CN1. The van der Waals surface area contributed by atoms with Crippen LogP contribution in [0.25, 0.3) is 16.6 Å². The summed E-state index contributed by atoms with van der Waals surface area (Å²) in [5.41, 5.74) is 3.94. The first-order chi connectivity index (χ1) is 13.8. The molecule has 2 atom stereocenters. The molecule has 2 aromatic carbocycles. The summed E-state index contributed by atoms with van der Waals surface area (Å²) in [6, 6.07) is 13.5. The van der Waals surface area contributed by atoms with Crippen LogP contribution in [0.15, 0.2) is 45.7 Å². The number of nitrogens with zero attached hydrogens (tertiary/aromatic N) is 3. The molecule has 5 nitrogen and oxygen atoms in total. The number of rotatable bonds is 1. The summed E-state index contributed by atoms with van der Waals surface area (Å²) in [5.74, 6) is 0.807. The van der Waals surface area contributed by atoms with Gasteiger partial charge in [0.15, 0.2) is 0 Å². The second-order valence-electron chi connectivity index (χ2n) is 8.85. The standard InChI is InChI=1S/C23H25BrN4O/c1-13-12-27(14(2)11-25-13)15-8-9-16-19(10-15)28-18-7-5-6-17(24)20(18)21(29)26-22(28)23(16,3)4/h5-10,13-14,25H,11-12H2,1-4H3/t13-,14-/m1/s1. The maximum absolute atomic E-state index is 12.8. The number of hydrogen-bond donors (Lipinski definition) is 1. The smallest absolute Gasteiger partial charge is 0.281 e. The number of anilines is 1. The van der Waals surface area contributed by atoms with Crippen molar-refractivity contribution in [2.45, 2.75) is 45.2 Å². The molecule has 1 N–H and O–H groups in total. The van der Waals surface area contributed by atoms with Gasteiger partial charge in [-0.05, 0) is 73.5 Å². The number of hydrogen-bond acceptors (Lipinski definition) is 4. The molecule has 1 saturated heterocycles. The highest BCUT2D eigenvalue weighted by Gasteiger charge is 2.39. The fourth-order valence-electron chi connectivity index (χ4n) is 4.80. The molecule has 0 unspecified atom stereocenters. The minimum Gasteiger partial charge on any atom is -0.366 e. The van der Waals surface area contributed by atoms with Crippen LogP contribution in [0.3, 0.4) is 0 Å². The van der Waals surface area contributed by atoms with E-state index in [1.165, 1.54) is 11.3 Å². The first kappa shape index (κ1) is 18.8. The van der Waals surface area contributed by atoms with Gasteiger partial charge in [0.25, 0.3) is 5.56 Å². The van der Waals surface area contributed by atoms with E-state index < -0.39 is 0 Å². The highest BCUT2D eigenvalue weighted by atomic mass is 79.9. The zero-order valence-electron chi connectivity index (χ0n) is 17.2. The molecule has 6 heteroatoms. The molecule has 29 heavy (non-hydrogen) atoms. The Kier molecular flexibility index (Phi) is 4.16. The van der Waals surface area contributed by atoms with Gasteiger partial charge in [-0.3, -0.25) is 9.36 Å². The maximum Gasteiger partial charge on any atom is 0.281 e. The normalized spacial score (nSPS) is 22.6. The second kappa shape index (κ2) is 6.41. The summed E-state index contributed by atoms with van der Waals surface area (Å²) in [6.07, 6.45) is 0. The van der Waals surface area contributed by atoms with E-state index in [0.29, 0.717) is 17.5 Å². The molecule has 0 spiro atoms. The minimum atomic E-state index is -0.327. The lowest BCUT2D eigenvalue weighted by Gasteiger charge is -2.39. The molecule has 0 bridgehead atoms. The Morgan fingerprint density at radius 3 is 2.79 bits per heavy atom. The number of nitrogens with one attached hydrogen (secondary N) is 1. The molecule has 2 aliphatic heterocycles. The van der Waals surface area contributed by atoms with Gasteiger partial charge in [0.2, 0.25) is 0 Å². The van der Waals surface area contributed by atoms with E-state index in [4.69, 9.17) is 0 Å². The lowest BCUT2D eigenvalue weighted by Crippen LogP contribution is -2.54. The fraction of sp³-hybridized carbons (Fsp3) is 0.391. The Balaban J connectivity index is 1.78. The highest BCUT2D eigenvalue weighted by molar-refractivity contribution is 9.10. The summed E-state index contributed by atoms with van der Waals surface area (Å²) in [7, 11) is 0. The van der Waals surface area contributed by atoms with E-state index in [1.54, 1.807) is 0 Å². The van der Waals surface area contributed by atoms with E-state index in [0.717, 1.165) is 34.6 Å². The molecular formula is C23H25BrN4O. The van der Waals surface area contributed by atoms with E-state index in [2.05, 4.69) is 81.6 Å². The van der Waals surface area contributed by atoms with Crippen LogP contribution >= 0.6 is 15.9 Å². The number of benzene rings is 2. The van der Waals surface area contributed by atoms with Gasteiger partial charge in [-0.25, -0.2) is 0 Å². The summed E-state index contributed by atoms with van der Waals surface area (Å²) in [6.45, 7) is 10.7. The Bertz CT molecular complexity index is 1200. The molecule has 1 aromatic heterocycles. The molecule has 0 saturated carbocycles. The third kappa shape index (κ3) is 2.69. The zero-order valence-corrected chi connectivity index (χ0v) is 18.7.